The second-order valence-corrected chi connectivity index (χ2v) is 4.96. The second-order valence-electron chi connectivity index (χ2n) is 4.96. The maximum absolute atomic E-state index is 5.88. The summed E-state index contributed by atoms with van der Waals surface area (Å²) in [6, 6.07) is 19.0. The van der Waals surface area contributed by atoms with Gasteiger partial charge < -0.3 is 10.1 Å². The van der Waals surface area contributed by atoms with E-state index in [1.165, 1.54) is 17.5 Å². The summed E-state index contributed by atoms with van der Waals surface area (Å²) in [6.07, 6.45) is 2.31. The summed E-state index contributed by atoms with van der Waals surface area (Å²) in [7, 11) is 1.96. The van der Waals surface area contributed by atoms with Gasteiger partial charge in [0.2, 0.25) is 0 Å². The first-order valence-electron chi connectivity index (χ1n) is 7.27. The van der Waals surface area contributed by atoms with E-state index < -0.39 is 0 Å². The van der Waals surface area contributed by atoms with Gasteiger partial charge in [0, 0.05) is 0 Å². The first kappa shape index (κ1) is 14.6. The van der Waals surface area contributed by atoms with E-state index in [0.29, 0.717) is 6.61 Å². The fourth-order valence-corrected chi connectivity index (χ4v) is 2.25. The third-order valence-corrected chi connectivity index (χ3v) is 3.43. The summed E-state index contributed by atoms with van der Waals surface area (Å²) in [5.74, 6) is 0.932. The molecule has 0 aliphatic carbocycles. The van der Waals surface area contributed by atoms with E-state index in [1.807, 2.05) is 13.1 Å². The zero-order chi connectivity index (χ0) is 14.2. The van der Waals surface area contributed by atoms with E-state index in [9.17, 15) is 0 Å². The third kappa shape index (κ3) is 4.10. The molecule has 2 nitrogen and oxygen atoms in total. The van der Waals surface area contributed by atoms with Crippen molar-refractivity contribution in [3.05, 3.63) is 65.7 Å². The first-order valence-corrected chi connectivity index (χ1v) is 7.27. The van der Waals surface area contributed by atoms with E-state index in [2.05, 4.69) is 60.8 Å². The summed E-state index contributed by atoms with van der Waals surface area (Å²) in [5.41, 5.74) is 2.62. The van der Waals surface area contributed by atoms with Crippen LogP contribution >= 0.6 is 0 Å². The number of likely N-dealkylation sites (N-methyl/N-ethyl adjacent to an activating group) is 1. The molecule has 0 heterocycles. The van der Waals surface area contributed by atoms with Crippen molar-refractivity contribution in [2.75, 3.05) is 13.7 Å². The summed E-state index contributed by atoms with van der Waals surface area (Å²) >= 11 is 0. The molecular weight excluding hydrogens is 246 g/mol. The quantitative estimate of drug-likeness (QED) is 0.821. The van der Waals surface area contributed by atoms with Crippen LogP contribution in [0.25, 0.3) is 0 Å². The Morgan fingerprint density at radius 2 is 1.70 bits per heavy atom. The Balaban J connectivity index is 1.93. The van der Waals surface area contributed by atoms with Gasteiger partial charge in [0.25, 0.3) is 0 Å². The van der Waals surface area contributed by atoms with Crippen LogP contribution in [0, 0.1) is 0 Å². The summed E-state index contributed by atoms with van der Waals surface area (Å²) < 4.78 is 5.88. The van der Waals surface area contributed by atoms with Crippen molar-refractivity contribution >= 4 is 0 Å². The third-order valence-electron chi connectivity index (χ3n) is 3.43. The Kier molecular flexibility index (Phi) is 5.63. The van der Waals surface area contributed by atoms with Crippen LogP contribution in [0.15, 0.2) is 54.6 Å². The second kappa shape index (κ2) is 7.71. The molecule has 20 heavy (non-hydrogen) atoms. The first-order chi connectivity index (χ1) is 9.83. The minimum atomic E-state index is 0.214. The smallest absolute Gasteiger partial charge is 0.119 e. The van der Waals surface area contributed by atoms with Crippen LogP contribution < -0.4 is 10.1 Å². The highest BCUT2D eigenvalue weighted by molar-refractivity contribution is 5.27. The molecule has 0 aliphatic rings. The molecule has 2 aromatic rings. The molecule has 2 aromatic carbocycles. The molecule has 0 aliphatic heterocycles. The molecule has 1 N–H and O–H groups in total. The van der Waals surface area contributed by atoms with Crippen molar-refractivity contribution in [2.45, 2.75) is 25.8 Å². The van der Waals surface area contributed by atoms with E-state index >= 15 is 0 Å². The number of ether oxygens (including phenoxy) is 1. The molecule has 0 bridgehead atoms. The number of rotatable bonds is 7. The fourth-order valence-electron chi connectivity index (χ4n) is 2.25. The van der Waals surface area contributed by atoms with E-state index in [0.717, 1.165) is 12.2 Å². The van der Waals surface area contributed by atoms with E-state index in [-0.39, 0.29) is 6.04 Å². The Hall–Kier alpha value is -1.80. The average molecular weight is 269 g/mol. The van der Waals surface area contributed by atoms with Gasteiger partial charge >= 0.3 is 0 Å². The molecule has 0 amide bonds. The molecule has 0 fully saturated rings. The van der Waals surface area contributed by atoms with Gasteiger partial charge in [-0.3, -0.25) is 0 Å². The standard InChI is InChI=1S/C18H23NO/c1-3-7-15-10-12-17(13-11-15)20-14-18(19-2)16-8-5-4-6-9-16/h4-6,8-13,18-19H,3,7,14H2,1-2H3. The molecule has 0 saturated heterocycles. The van der Waals surface area contributed by atoms with Crippen molar-refractivity contribution in [1.82, 2.24) is 5.32 Å². The summed E-state index contributed by atoms with van der Waals surface area (Å²) in [5, 5.41) is 3.30. The minimum absolute atomic E-state index is 0.214. The van der Waals surface area contributed by atoms with Gasteiger partial charge in [-0.05, 0) is 36.7 Å². The van der Waals surface area contributed by atoms with Gasteiger partial charge in [0.15, 0.2) is 0 Å². The highest BCUT2D eigenvalue weighted by Gasteiger charge is 2.09. The molecule has 0 radical (unpaired) electrons. The predicted octanol–water partition coefficient (Wildman–Crippen LogP) is 3.98. The molecule has 1 unspecified atom stereocenters. The van der Waals surface area contributed by atoms with Gasteiger partial charge in [0.05, 0.1) is 6.04 Å². The highest BCUT2D eigenvalue weighted by atomic mass is 16.5. The monoisotopic (exact) mass is 269 g/mol. The summed E-state index contributed by atoms with van der Waals surface area (Å²) in [4.78, 5) is 0. The van der Waals surface area contributed by atoms with E-state index in [1.54, 1.807) is 0 Å². The maximum Gasteiger partial charge on any atom is 0.119 e. The lowest BCUT2D eigenvalue weighted by Crippen LogP contribution is -2.23. The lowest BCUT2D eigenvalue weighted by Gasteiger charge is -2.17. The van der Waals surface area contributed by atoms with Gasteiger partial charge in [-0.15, -0.1) is 0 Å². The van der Waals surface area contributed by atoms with Crippen LogP contribution in [-0.4, -0.2) is 13.7 Å². The topological polar surface area (TPSA) is 21.3 Å². The van der Waals surface area contributed by atoms with Crippen molar-refractivity contribution in [3.63, 3.8) is 0 Å². The van der Waals surface area contributed by atoms with Gasteiger partial charge in [-0.1, -0.05) is 55.8 Å². The molecule has 0 saturated carbocycles. The number of benzene rings is 2. The predicted molar refractivity (Wildman–Crippen MR) is 84.2 cm³/mol. The molecular formula is C18H23NO. The van der Waals surface area contributed by atoms with Gasteiger partial charge in [-0.2, -0.15) is 0 Å². The Morgan fingerprint density at radius 1 is 1.00 bits per heavy atom. The lowest BCUT2D eigenvalue weighted by molar-refractivity contribution is 0.273. The largest absolute Gasteiger partial charge is 0.492 e. The molecule has 106 valence electrons. The Labute approximate surface area is 121 Å². The van der Waals surface area contributed by atoms with Gasteiger partial charge in [0.1, 0.15) is 12.4 Å². The fraction of sp³-hybridized carbons (Fsp3) is 0.333. The van der Waals surface area contributed by atoms with Crippen LogP contribution in [0.2, 0.25) is 0 Å². The maximum atomic E-state index is 5.88. The minimum Gasteiger partial charge on any atom is -0.492 e. The SMILES string of the molecule is CCCc1ccc(OCC(NC)c2ccccc2)cc1. The van der Waals surface area contributed by atoms with E-state index in [4.69, 9.17) is 4.74 Å². The summed E-state index contributed by atoms with van der Waals surface area (Å²) in [6.45, 7) is 2.83. The number of hydrogen-bond acceptors (Lipinski definition) is 2. The Bertz CT molecular complexity index is 493. The molecule has 1 atom stereocenters. The number of aryl methyl sites for hydroxylation is 1. The number of nitrogens with one attached hydrogen (secondary N) is 1. The van der Waals surface area contributed by atoms with Crippen molar-refractivity contribution in [3.8, 4) is 5.75 Å². The van der Waals surface area contributed by atoms with Gasteiger partial charge in [-0.25, -0.2) is 0 Å². The van der Waals surface area contributed by atoms with Crippen LogP contribution in [0.1, 0.15) is 30.5 Å². The zero-order valence-corrected chi connectivity index (χ0v) is 12.3. The highest BCUT2D eigenvalue weighted by Crippen LogP contribution is 2.17. The number of hydrogen-bond donors (Lipinski definition) is 1. The normalized spacial score (nSPS) is 12.1. The zero-order valence-electron chi connectivity index (χ0n) is 12.3. The van der Waals surface area contributed by atoms with Crippen LogP contribution in [0.5, 0.6) is 5.75 Å². The van der Waals surface area contributed by atoms with Crippen LogP contribution in [-0.2, 0) is 6.42 Å². The van der Waals surface area contributed by atoms with Crippen LogP contribution in [0.3, 0.4) is 0 Å². The van der Waals surface area contributed by atoms with Crippen molar-refractivity contribution in [2.24, 2.45) is 0 Å². The molecule has 2 rings (SSSR count). The molecule has 2 heteroatoms. The van der Waals surface area contributed by atoms with Crippen molar-refractivity contribution in [1.29, 1.82) is 0 Å². The molecule has 0 spiro atoms. The van der Waals surface area contributed by atoms with Crippen molar-refractivity contribution < 1.29 is 4.74 Å². The molecule has 0 aromatic heterocycles. The van der Waals surface area contributed by atoms with Crippen LogP contribution in [0.4, 0.5) is 0 Å². The average Bonchev–Trinajstić information content (AvgIpc) is 2.51. The Morgan fingerprint density at radius 3 is 2.30 bits per heavy atom. The lowest BCUT2D eigenvalue weighted by atomic mass is 10.1.